The molecule has 32 heavy (non-hydrogen) atoms. The van der Waals surface area contributed by atoms with Crippen LogP contribution < -0.4 is 16.2 Å². The quantitative estimate of drug-likeness (QED) is 0.410. The molecule has 1 aliphatic carbocycles. The van der Waals surface area contributed by atoms with Crippen molar-refractivity contribution in [3.8, 4) is 5.69 Å². The minimum Gasteiger partial charge on any atom is -0.338 e. The number of halogens is 1. The number of carbonyl (C=O) groups excluding carboxylic acids is 2. The van der Waals surface area contributed by atoms with Crippen molar-refractivity contribution in [2.75, 3.05) is 6.54 Å². The first kappa shape index (κ1) is 22.8. The Morgan fingerprint density at radius 3 is 2.69 bits per heavy atom. The van der Waals surface area contributed by atoms with Crippen molar-refractivity contribution < 1.29 is 9.59 Å². The van der Waals surface area contributed by atoms with E-state index >= 15 is 0 Å². The molecule has 1 aromatic carbocycles. The number of hydrogen-bond acceptors (Lipinski definition) is 6. The second-order valence-corrected chi connectivity index (χ2v) is 10.3. The summed E-state index contributed by atoms with van der Waals surface area (Å²) in [4.78, 5) is 44.7. The second-order valence-electron chi connectivity index (χ2n) is 7.51. The smallest absolute Gasteiger partial charge is 0.321 e. The van der Waals surface area contributed by atoms with Gasteiger partial charge >= 0.3 is 6.03 Å². The lowest BCUT2D eigenvalue weighted by Crippen LogP contribution is -2.42. The summed E-state index contributed by atoms with van der Waals surface area (Å²) >= 11 is 8.76. The summed E-state index contributed by atoms with van der Waals surface area (Å²) in [5.41, 5.74) is 1.59. The molecule has 0 saturated carbocycles. The van der Waals surface area contributed by atoms with Gasteiger partial charge in [0, 0.05) is 16.4 Å². The Morgan fingerprint density at radius 2 is 1.97 bits per heavy atom. The average molecular weight is 491 g/mol. The number of aromatic nitrogens is 2. The number of amides is 3. The molecular weight excluding hydrogens is 468 g/mol. The molecular formula is C22H23ClN4O3S2. The van der Waals surface area contributed by atoms with Gasteiger partial charge in [0.15, 0.2) is 5.16 Å². The summed E-state index contributed by atoms with van der Waals surface area (Å²) < 4.78 is 1.54. The number of nitrogens with zero attached hydrogens (tertiary/aromatic N) is 2. The number of fused-ring (bicyclic) bond motifs is 3. The van der Waals surface area contributed by atoms with Crippen LogP contribution >= 0.6 is 34.7 Å². The van der Waals surface area contributed by atoms with E-state index in [1.54, 1.807) is 54.0 Å². The molecule has 3 amide bonds. The molecule has 1 unspecified atom stereocenters. The number of rotatable bonds is 5. The van der Waals surface area contributed by atoms with Crippen molar-refractivity contribution in [1.29, 1.82) is 0 Å². The maximum Gasteiger partial charge on any atom is 0.321 e. The molecule has 1 aliphatic rings. The maximum absolute atomic E-state index is 13.7. The van der Waals surface area contributed by atoms with Crippen LogP contribution in [0.5, 0.6) is 0 Å². The van der Waals surface area contributed by atoms with Crippen LogP contribution in [0.4, 0.5) is 4.79 Å². The Balaban J connectivity index is 1.79. The highest BCUT2D eigenvalue weighted by Crippen LogP contribution is 2.35. The molecule has 0 aliphatic heterocycles. The van der Waals surface area contributed by atoms with Crippen LogP contribution in [-0.2, 0) is 17.6 Å². The van der Waals surface area contributed by atoms with Gasteiger partial charge in [-0.25, -0.2) is 9.78 Å². The van der Waals surface area contributed by atoms with Gasteiger partial charge in [0.05, 0.1) is 16.3 Å². The molecule has 1 atom stereocenters. The van der Waals surface area contributed by atoms with Gasteiger partial charge in [-0.05, 0) is 69.4 Å². The van der Waals surface area contributed by atoms with Gasteiger partial charge in [0.1, 0.15) is 4.83 Å². The average Bonchev–Trinajstić information content (AvgIpc) is 3.13. The minimum absolute atomic E-state index is 0.143. The molecule has 4 rings (SSSR count). The predicted molar refractivity (Wildman–Crippen MR) is 129 cm³/mol. The van der Waals surface area contributed by atoms with Crippen LogP contribution in [0.25, 0.3) is 15.9 Å². The number of benzene rings is 1. The van der Waals surface area contributed by atoms with Gasteiger partial charge in [-0.2, -0.15) is 0 Å². The highest BCUT2D eigenvalue weighted by Gasteiger charge is 2.25. The Kier molecular flexibility index (Phi) is 6.88. The molecule has 2 heterocycles. The zero-order chi connectivity index (χ0) is 22.8. The van der Waals surface area contributed by atoms with E-state index < -0.39 is 17.2 Å². The van der Waals surface area contributed by atoms with E-state index in [2.05, 4.69) is 10.6 Å². The Hall–Kier alpha value is -2.36. The van der Waals surface area contributed by atoms with E-state index in [1.807, 2.05) is 0 Å². The largest absolute Gasteiger partial charge is 0.338 e. The molecule has 7 nitrogen and oxygen atoms in total. The van der Waals surface area contributed by atoms with Gasteiger partial charge in [0.25, 0.3) is 5.56 Å². The van der Waals surface area contributed by atoms with Crippen LogP contribution in [0.15, 0.2) is 34.2 Å². The first-order chi connectivity index (χ1) is 15.4. The monoisotopic (exact) mass is 490 g/mol. The first-order valence-electron chi connectivity index (χ1n) is 10.5. The highest BCUT2D eigenvalue weighted by molar-refractivity contribution is 8.00. The van der Waals surface area contributed by atoms with Crippen LogP contribution in [0.1, 0.15) is 37.1 Å². The lowest BCUT2D eigenvalue weighted by molar-refractivity contribution is -0.119. The molecule has 0 fully saturated rings. The van der Waals surface area contributed by atoms with Crippen LogP contribution in [0.3, 0.4) is 0 Å². The van der Waals surface area contributed by atoms with Gasteiger partial charge in [-0.3, -0.25) is 19.5 Å². The SMILES string of the molecule is CCNC(=O)NC(=O)C(C)Sc1nc2sc3c(c2c(=O)n1-c1ccc(Cl)cc1)CCCC3. The second kappa shape index (κ2) is 9.64. The molecule has 0 bridgehead atoms. The molecule has 3 aromatic rings. The van der Waals surface area contributed by atoms with Crippen molar-refractivity contribution >= 4 is 56.9 Å². The van der Waals surface area contributed by atoms with Crippen molar-refractivity contribution in [3.05, 3.63) is 50.1 Å². The third-order valence-electron chi connectivity index (χ3n) is 5.27. The van der Waals surface area contributed by atoms with Gasteiger partial charge in [-0.15, -0.1) is 11.3 Å². The maximum atomic E-state index is 13.7. The number of hydrogen-bond donors (Lipinski definition) is 2. The van der Waals surface area contributed by atoms with Crippen molar-refractivity contribution in [2.45, 2.75) is 49.9 Å². The summed E-state index contributed by atoms with van der Waals surface area (Å²) in [5, 5.41) is 5.85. The first-order valence-corrected chi connectivity index (χ1v) is 12.5. The summed E-state index contributed by atoms with van der Waals surface area (Å²) in [5.74, 6) is -0.455. The standard InChI is InChI=1S/C22H23ClN4O3S2/c1-3-24-21(30)25-18(28)12(2)31-22-26-19-17(15-6-4-5-7-16(15)32-19)20(29)27(22)14-10-8-13(23)9-11-14/h8-12H,3-7H2,1-2H3,(H2,24,25,28,30). The van der Waals surface area contributed by atoms with E-state index in [0.717, 1.165) is 43.0 Å². The minimum atomic E-state index is -0.643. The Morgan fingerprint density at radius 1 is 1.25 bits per heavy atom. The number of aryl methyl sites for hydroxylation is 2. The van der Waals surface area contributed by atoms with Crippen molar-refractivity contribution in [2.24, 2.45) is 0 Å². The zero-order valence-corrected chi connectivity index (χ0v) is 20.1. The predicted octanol–water partition coefficient (Wildman–Crippen LogP) is 4.31. The zero-order valence-electron chi connectivity index (χ0n) is 17.7. The summed E-state index contributed by atoms with van der Waals surface area (Å²) in [6.45, 7) is 3.87. The van der Waals surface area contributed by atoms with E-state index in [4.69, 9.17) is 16.6 Å². The molecule has 0 radical (unpaired) electrons. The number of carbonyl (C=O) groups is 2. The fourth-order valence-corrected chi connectivity index (χ4v) is 6.07. The number of thiophene rings is 1. The van der Waals surface area contributed by atoms with Gasteiger partial charge in [0.2, 0.25) is 5.91 Å². The molecule has 10 heteroatoms. The molecule has 168 valence electrons. The topological polar surface area (TPSA) is 93.1 Å². The summed E-state index contributed by atoms with van der Waals surface area (Å²) in [6.07, 6.45) is 4.02. The molecule has 2 N–H and O–H groups in total. The summed E-state index contributed by atoms with van der Waals surface area (Å²) in [6, 6.07) is 6.42. The number of imide groups is 1. The van der Waals surface area contributed by atoms with Gasteiger partial charge in [-0.1, -0.05) is 23.4 Å². The molecule has 0 spiro atoms. The van der Waals surface area contributed by atoms with Crippen LogP contribution in [0.2, 0.25) is 5.02 Å². The molecule has 0 saturated heterocycles. The number of urea groups is 1. The third kappa shape index (κ3) is 4.55. The lowest BCUT2D eigenvalue weighted by Gasteiger charge is -2.16. The van der Waals surface area contributed by atoms with E-state index in [-0.39, 0.29) is 5.56 Å². The van der Waals surface area contributed by atoms with E-state index in [9.17, 15) is 14.4 Å². The van der Waals surface area contributed by atoms with Crippen molar-refractivity contribution in [1.82, 2.24) is 20.2 Å². The fourth-order valence-electron chi connectivity index (χ4n) is 3.71. The Bertz CT molecular complexity index is 1240. The van der Waals surface area contributed by atoms with Crippen molar-refractivity contribution in [3.63, 3.8) is 0 Å². The lowest BCUT2D eigenvalue weighted by atomic mass is 9.97. The van der Waals surface area contributed by atoms with Gasteiger partial charge < -0.3 is 5.32 Å². The van der Waals surface area contributed by atoms with Crippen LogP contribution in [0, 0.1) is 0 Å². The number of nitrogens with one attached hydrogen (secondary N) is 2. The third-order valence-corrected chi connectivity index (χ3v) is 7.76. The van der Waals surface area contributed by atoms with Crippen LogP contribution in [-0.4, -0.2) is 33.3 Å². The molecule has 2 aromatic heterocycles. The number of thioether (sulfide) groups is 1. The fraction of sp³-hybridized carbons (Fsp3) is 0.364. The normalized spacial score (nSPS) is 14.1. The summed E-state index contributed by atoms with van der Waals surface area (Å²) in [7, 11) is 0. The van der Waals surface area contributed by atoms with E-state index in [1.165, 1.54) is 4.88 Å². The highest BCUT2D eigenvalue weighted by atomic mass is 35.5. The Labute approximate surface area is 198 Å². The van der Waals surface area contributed by atoms with E-state index in [0.29, 0.717) is 32.6 Å².